The Kier molecular flexibility index (Phi) is 11.0. The molecule has 0 aliphatic heterocycles. The SMILES string of the molecule is CCCCC(=O)NCCOP(=O)(O)OCC(O)COC(C)=O. The van der Waals surface area contributed by atoms with Gasteiger partial charge in [0.05, 0.1) is 13.2 Å². The Morgan fingerprint density at radius 2 is 1.95 bits per heavy atom. The van der Waals surface area contributed by atoms with Crippen LogP contribution in [0, 0.1) is 0 Å². The number of carbonyl (C=O) groups excluding carboxylic acids is 2. The van der Waals surface area contributed by atoms with Crippen molar-refractivity contribution in [2.45, 2.75) is 39.2 Å². The molecule has 0 radical (unpaired) electrons. The summed E-state index contributed by atoms with van der Waals surface area (Å²) in [6.07, 6.45) is 0.835. The topological polar surface area (TPSA) is 131 Å². The molecule has 1 amide bonds. The van der Waals surface area contributed by atoms with Crippen LogP contribution in [0.15, 0.2) is 0 Å². The van der Waals surface area contributed by atoms with Crippen molar-refractivity contribution >= 4 is 19.7 Å². The van der Waals surface area contributed by atoms with E-state index < -0.39 is 26.5 Å². The standard InChI is InChI=1S/C12H24NO8P/c1-3-4-5-12(16)13-6-7-20-22(17,18)21-9-11(15)8-19-10(2)14/h11,15H,3-9H2,1-2H3,(H,13,16)(H,17,18). The fourth-order valence-electron chi connectivity index (χ4n) is 1.26. The maximum Gasteiger partial charge on any atom is 0.472 e. The van der Waals surface area contributed by atoms with Crippen LogP contribution < -0.4 is 5.32 Å². The van der Waals surface area contributed by atoms with Gasteiger partial charge in [-0.3, -0.25) is 18.6 Å². The van der Waals surface area contributed by atoms with E-state index in [1.807, 2.05) is 6.92 Å². The highest BCUT2D eigenvalue weighted by Crippen LogP contribution is 2.42. The summed E-state index contributed by atoms with van der Waals surface area (Å²) in [6, 6.07) is 0. The molecule has 0 rings (SSSR count). The molecule has 2 atom stereocenters. The van der Waals surface area contributed by atoms with E-state index in [2.05, 4.69) is 19.1 Å². The van der Waals surface area contributed by atoms with Crippen LogP contribution in [0.5, 0.6) is 0 Å². The molecule has 0 fully saturated rings. The number of rotatable bonds is 12. The number of phosphoric ester groups is 1. The maximum atomic E-state index is 11.5. The van der Waals surface area contributed by atoms with Crippen LogP contribution in [-0.2, 0) is 27.9 Å². The molecule has 0 bridgehead atoms. The highest BCUT2D eigenvalue weighted by molar-refractivity contribution is 7.47. The second-order valence-corrected chi connectivity index (χ2v) is 5.96. The number of aliphatic hydroxyl groups is 1. The van der Waals surface area contributed by atoms with Crippen molar-refractivity contribution in [1.29, 1.82) is 0 Å². The van der Waals surface area contributed by atoms with Crippen molar-refractivity contribution in [3.8, 4) is 0 Å². The minimum Gasteiger partial charge on any atom is -0.463 e. The monoisotopic (exact) mass is 341 g/mol. The number of unbranched alkanes of at least 4 members (excludes halogenated alkanes) is 1. The fraction of sp³-hybridized carbons (Fsp3) is 0.833. The summed E-state index contributed by atoms with van der Waals surface area (Å²) < 4.78 is 25.1. The summed E-state index contributed by atoms with van der Waals surface area (Å²) >= 11 is 0. The highest BCUT2D eigenvalue weighted by Gasteiger charge is 2.22. The zero-order valence-electron chi connectivity index (χ0n) is 12.8. The molecule has 0 aromatic rings. The Balaban J connectivity index is 3.79. The molecule has 0 spiro atoms. The van der Waals surface area contributed by atoms with Gasteiger partial charge < -0.3 is 20.1 Å². The average Bonchev–Trinajstić information content (AvgIpc) is 2.45. The van der Waals surface area contributed by atoms with Gasteiger partial charge in [0.1, 0.15) is 12.7 Å². The van der Waals surface area contributed by atoms with E-state index in [1.54, 1.807) is 0 Å². The Labute approximate surface area is 129 Å². The van der Waals surface area contributed by atoms with Gasteiger partial charge in [-0.05, 0) is 6.42 Å². The molecule has 0 saturated carbocycles. The normalized spacial score (nSPS) is 14.9. The van der Waals surface area contributed by atoms with Crippen molar-refractivity contribution in [3.05, 3.63) is 0 Å². The van der Waals surface area contributed by atoms with E-state index >= 15 is 0 Å². The van der Waals surface area contributed by atoms with E-state index in [-0.39, 0.29) is 25.7 Å². The number of hydrogen-bond donors (Lipinski definition) is 3. The van der Waals surface area contributed by atoms with E-state index in [9.17, 15) is 24.2 Å². The molecular weight excluding hydrogens is 317 g/mol. The predicted molar refractivity (Wildman–Crippen MR) is 76.9 cm³/mol. The van der Waals surface area contributed by atoms with Gasteiger partial charge in [-0.2, -0.15) is 0 Å². The first-order valence-corrected chi connectivity index (χ1v) is 8.46. The second-order valence-electron chi connectivity index (χ2n) is 4.51. The van der Waals surface area contributed by atoms with E-state index in [0.717, 1.165) is 12.8 Å². The highest BCUT2D eigenvalue weighted by atomic mass is 31.2. The van der Waals surface area contributed by atoms with Crippen molar-refractivity contribution < 1.29 is 37.9 Å². The third-order valence-corrected chi connectivity index (χ3v) is 3.33. The Morgan fingerprint density at radius 1 is 1.27 bits per heavy atom. The molecule has 9 nitrogen and oxygen atoms in total. The maximum absolute atomic E-state index is 11.5. The third kappa shape index (κ3) is 12.7. The number of aliphatic hydroxyl groups excluding tert-OH is 1. The second kappa shape index (κ2) is 11.6. The van der Waals surface area contributed by atoms with Gasteiger partial charge in [-0.15, -0.1) is 0 Å². The molecule has 10 heteroatoms. The number of carbonyl (C=O) groups is 2. The van der Waals surface area contributed by atoms with Crippen LogP contribution in [0.4, 0.5) is 0 Å². The fourth-order valence-corrected chi connectivity index (χ4v) is 2.01. The van der Waals surface area contributed by atoms with Crippen molar-refractivity contribution in [3.63, 3.8) is 0 Å². The quantitative estimate of drug-likeness (QED) is 0.263. The summed E-state index contributed by atoms with van der Waals surface area (Å²) in [5.41, 5.74) is 0. The summed E-state index contributed by atoms with van der Waals surface area (Å²) in [6.45, 7) is 2.14. The Hall–Kier alpha value is -0.990. The zero-order valence-corrected chi connectivity index (χ0v) is 13.7. The molecule has 3 N–H and O–H groups in total. The molecule has 2 unspecified atom stereocenters. The Bertz CT molecular complexity index is 389. The van der Waals surface area contributed by atoms with Crippen LogP contribution >= 0.6 is 7.82 Å². The van der Waals surface area contributed by atoms with Gasteiger partial charge >= 0.3 is 13.8 Å². The lowest BCUT2D eigenvalue weighted by Crippen LogP contribution is -2.27. The molecule has 0 aliphatic rings. The molecule has 0 heterocycles. The first-order chi connectivity index (χ1) is 10.3. The van der Waals surface area contributed by atoms with Crippen molar-refractivity contribution in [2.75, 3.05) is 26.4 Å². The van der Waals surface area contributed by atoms with Gasteiger partial charge in [0.25, 0.3) is 0 Å². The number of amides is 1. The molecule has 130 valence electrons. The summed E-state index contributed by atoms with van der Waals surface area (Å²) in [5, 5.41) is 11.9. The number of esters is 1. The lowest BCUT2D eigenvalue weighted by molar-refractivity contribution is -0.144. The molecular formula is C12H24NO8P. The number of hydrogen-bond acceptors (Lipinski definition) is 7. The van der Waals surface area contributed by atoms with E-state index in [0.29, 0.717) is 6.42 Å². The number of nitrogens with one attached hydrogen (secondary N) is 1. The molecule has 0 aliphatic carbocycles. The summed E-state index contributed by atoms with van der Waals surface area (Å²) in [7, 11) is -4.33. The van der Waals surface area contributed by atoms with Gasteiger partial charge in [-0.25, -0.2) is 4.57 Å². The van der Waals surface area contributed by atoms with Crippen LogP contribution in [0.1, 0.15) is 33.1 Å². The molecule has 0 aromatic carbocycles. The van der Waals surface area contributed by atoms with Crippen LogP contribution in [0.2, 0.25) is 0 Å². The van der Waals surface area contributed by atoms with Gasteiger partial charge in [0, 0.05) is 19.9 Å². The van der Waals surface area contributed by atoms with Gasteiger partial charge in [-0.1, -0.05) is 13.3 Å². The Morgan fingerprint density at radius 3 is 2.55 bits per heavy atom. The number of ether oxygens (including phenoxy) is 1. The zero-order chi connectivity index (χ0) is 17.0. The number of phosphoric acid groups is 1. The van der Waals surface area contributed by atoms with E-state index in [4.69, 9.17) is 0 Å². The first-order valence-electron chi connectivity index (χ1n) is 6.97. The predicted octanol–water partition coefficient (Wildman–Crippen LogP) is 0.350. The minimum absolute atomic E-state index is 0.0759. The molecule has 0 saturated heterocycles. The smallest absolute Gasteiger partial charge is 0.463 e. The van der Waals surface area contributed by atoms with Crippen LogP contribution in [0.3, 0.4) is 0 Å². The largest absolute Gasteiger partial charge is 0.472 e. The third-order valence-electron chi connectivity index (χ3n) is 2.35. The van der Waals surface area contributed by atoms with Crippen LogP contribution in [0.25, 0.3) is 0 Å². The average molecular weight is 341 g/mol. The van der Waals surface area contributed by atoms with Gasteiger partial charge in [0.2, 0.25) is 5.91 Å². The molecule has 0 aromatic heterocycles. The lowest BCUT2D eigenvalue weighted by atomic mass is 10.2. The molecule has 22 heavy (non-hydrogen) atoms. The van der Waals surface area contributed by atoms with Gasteiger partial charge in [0.15, 0.2) is 0 Å². The van der Waals surface area contributed by atoms with E-state index in [1.165, 1.54) is 6.92 Å². The summed E-state index contributed by atoms with van der Waals surface area (Å²) in [4.78, 5) is 31.1. The minimum atomic E-state index is -4.33. The summed E-state index contributed by atoms with van der Waals surface area (Å²) in [5.74, 6) is -0.739. The van der Waals surface area contributed by atoms with Crippen LogP contribution in [-0.4, -0.2) is 54.3 Å². The lowest BCUT2D eigenvalue weighted by Gasteiger charge is -2.15. The van der Waals surface area contributed by atoms with Crippen molar-refractivity contribution in [2.24, 2.45) is 0 Å². The van der Waals surface area contributed by atoms with Crippen molar-refractivity contribution in [1.82, 2.24) is 5.32 Å². The first kappa shape index (κ1) is 21.0.